The van der Waals surface area contributed by atoms with Crippen LogP contribution < -0.4 is 14.8 Å². The largest absolute Gasteiger partial charge is 0.484 e. The van der Waals surface area contributed by atoms with Crippen molar-refractivity contribution in [2.75, 3.05) is 13.2 Å². The van der Waals surface area contributed by atoms with Crippen molar-refractivity contribution in [3.63, 3.8) is 0 Å². The van der Waals surface area contributed by atoms with Crippen LogP contribution in [0.1, 0.15) is 15.9 Å². The molecule has 0 aliphatic carbocycles. The average Bonchev–Trinajstić information content (AvgIpc) is 2.62. The lowest BCUT2D eigenvalue weighted by atomic mass is 10.1. The van der Waals surface area contributed by atoms with E-state index in [1.54, 1.807) is 12.1 Å². The van der Waals surface area contributed by atoms with Crippen molar-refractivity contribution in [2.24, 2.45) is 0 Å². The topological polar surface area (TPSA) is 60.5 Å². The summed E-state index contributed by atoms with van der Waals surface area (Å²) in [4.78, 5) is 16.2. The predicted molar refractivity (Wildman–Crippen MR) is 84.9 cm³/mol. The summed E-state index contributed by atoms with van der Waals surface area (Å²) in [7, 11) is 0. The smallest absolute Gasteiger partial charge is 0.422 e. The highest BCUT2D eigenvalue weighted by Crippen LogP contribution is 2.28. The van der Waals surface area contributed by atoms with Gasteiger partial charge in [-0.2, -0.15) is 26.3 Å². The average molecular weight is 408 g/mol. The van der Waals surface area contributed by atoms with E-state index in [0.29, 0.717) is 5.56 Å². The van der Waals surface area contributed by atoms with Crippen molar-refractivity contribution >= 4 is 5.91 Å². The van der Waals surface area contributed by atoms with E-state index in [9.17, 15) is 31.1 Å². The molecule has 5 nitrogen and oxygen atoms in total. The highest BCUT2D eigenvalue weighted by molar-refractivity contribution is 5.97. The number of carbonyl (C=O) groups is 1. The number of hydrogen-bond donors (Lipinski definition) is 1. The molecule has 0 spiro atoms. The number of halogens is 6. The summed E-state index contributed by atoms with van der Waals surface area (Å²) in [5.74, 6) is -1.64. The Balaban J connectivity index is 2.18. The highest BCUT2D eigenvalue weighted by atomic mass is 19.4. The van der Waals surface area contributed by atoms with Gasteiger partial charge in [0.1, 0.15) is 11.5 Å². The zero-order chi connectivity index (χ0) is 20.8. The SMILES string of the molecule is O=C(NCc1cccnc1)c1cc(OCC(F)(F)F)ccc1OCC(F)(F)F. The molecule has 1 heterocycles. The summed E-state index contributed by atoms with van der Waals surface area (Å²) >= 11 is 0. The third-order valence-corrected chi connectivity index (χ3v) is 3.17. The Morgan fingerprint density at radius 1 is 1.00 bits per heavy atom. The Labute approximate surface area is 155 Å². The van der Waals surface area contributed by atoms with E-state index in [4.69, 9.17) is 0 Å². The van der Waals surface area contributed by atoms with Gasteiger partial charge in [-0.3, -0.25) is 9.78 Å². The number of alkyl halides is 6. The summed E-state index contributed by atoms with van der Waals surface area (Å²) in [6, 6.07) is 6.07. The fraction of sp³-hybridized carbons (Fsp3) is 0.294. The van der Waals surface area contributed by atoms with Crippen LogP contribution in [0.5, 0.6) is 11.5 Å². The number of hydrogen-bond acceptors (Lipinski definition) is 4. The number of aromatic nitrogens is 1. The predicted octanol–water partition coefficient (Wildman–Crippen LogP) is 3.89. The van der Waals surface area contributed by atoms with Gasteiger partial charge in [0.15, 0.2) is 13.2 Å². The Kier molecular flexibility index (Phi) is 6.71. The van der Waals surface area contributed by atoms with Crippen molar-refractivity contribution in [1.82, 2.24) is 10.3 Å². The number of amides is 1. The second-order valence-electron chi connectivity index (χ2n) is 5.51. The molecule has 2 rings (SSSR count). The highest BCUT2D eigenvalue weighted by Gasteiger charge is 2.30. The molecule has 0 bridgehead atoms. The summed E-state index contributed by atoms with van der Waals surface area (Å²) < 4.78 is 83.1. The zero-order valence-corrected chi connectivity index (χ0v) is 14.1. The van der Waals surface area contributed by atoms with Crippen LogP contribution in [0.25, 0.3) is 0 Å². The van der Waals surface area contributed by atoms with E-state index in [-0.39, 0.29) is 12.3 Å². The molecule has 0 radical (unpaired) electrons. The summed E-state index contributed by atoms with van der Waals surface area (Å²) in [5.41, 5.74) is 0.214. The molecule has 2 aromatic rings. The number of benzene rings is 1. The number of carbonyl (C=O) groups excluding carboxylic acids is 1. The van der Waals surface area contributed by atoms with Crippen molar-refractivity contribution in [3.8, 4) is 11.5 Å². The summed E-state index contributed by atoms with van der Waals surface area (Å²) in [6.07, 6.45) is -6.30. The number of nitrogens with one attached hydrogen (secondary N) is 1. The Morgan fingerprint density at radius 2 is 1.68 bits per heavy atom. The summed E-state index contributed by atoms with van der Waals surface area (Å²) in [6.45, 7) is -3.29. The van der Waals surface area contributed by atoms with Crippen LogP contribution in [0.15, 0.2) is 42.7 Å². The molecule has 0 unspecified atom stereocenters. The van der Waals surface area contributed by atoms with Gasteiger partial charge in [0, 0.05) is 18.9 Å². The lowest BCUT2D eigenvalue weighted by molar-refractivity contribution is -0.154. The number of rotatable bonds is 7. The van der Waals surface area contributed by atoms with E-state index in [0.717, 1.165) is 18.2 Å². The quantitative estimate of drug-likeness (QED) is 0.707. The molecule has 0 atom stereocenters. The van der Waals surface area contributed by atoms with Crippen molar-refractivity contribution in [3.05, 3.63) is 53.9 Å². The van der Waals surface area contributed by atoms with Crippen molar-refractivity contribution < 1.29 is 40.6 Å². The van der Waals surface area contributed by atoms with Crippen LogP contribution in [0, 0.1) is 0 Å². The molecular weight excluding hydrogens is 394 g/mol. The molecule has 0 aliphatic heterocycles. The molecule has 28 heavy (non-hydrogen) atoms. The molecule has 1 N–H and O–H groups in total. The van der Waals surface area contributed by atoms with Crippen LogP contribution in [0.3, 0.4) is 0 Å². The maximum absolute atomic E-state index is 12.4. The molecule has 11 heteroatoms. The lowest BCUT2D eigenvalue weighted by Crippen LogP contribution is -2.25. The number of pyridine rings is 1. The van der Waals surface area contributed by atoms with Crippen LogP contribution in [0.2, 0.25) is 0 Å². The Hall–Kier alpha value is -2.98. The third-order valence-electron chi connectivity index (χ3n) is 3.17. The van der Waals surface area contributed by atoms with E-state index in [2.05, 4.69) is 19.8 Å². The molecule has 0 saturated heterocycles. The first-order valence-corrected chi connectivity index (χ1v) is 7.74. The van der Waals surface area contributed by atoms with Gasteiger partial charge < -0.3 is 14.8 Å². The first-order chi connectivity index (χ1) is 13.0. The second-order valence-corrected chi connectivity index (χ2v) is 5.51. The molecule has 152 valence electrons. The third kappa shape index (κ3) is 7.33. The van der Waals surface area contributed by atoms with E-state index in [1.165, 1.54) is 12.4 Å². The van der Waals surface area contributed by atoms with Crippen LogP contribution >= 0.6 is 0 Å². The molecule has 0 saturated carbocycles. The normalized spacial score (nSPS) is 11.8. The monoisotopic (exact) mass is 408 g/mol. The Morgan fingerprint density at radius 3 is 2.29 bits per heavy atom. The van der Waals surface area contributed by atoms with Gasteiger partial charge in [-0.05, 0) is 29.8 Å². The van der Waals surface area contributed by atoms with Crippen LogP contribution in [-0.2, 0) is 6.54 Å². The Bertz CT molecular complexity index is 794. The molecule has 1 aromatic heterocycles. The lowest BCUT2D eigenvalue weighted by Gasteiger charge is -2.15. The summed E-state index contributed by atoms with van der Waals surface area (Å²) in [5, 5.41) is 2.43. The van der Waals surface area contributed by atoms with Crippen LogP contribution in [-0.4, -0.2) is 36.5 Å². The minimum absolute atomic E-state index is 0.000972. The van der Waals surface area contributed by atoms with E-state index < -0.39 is 42.8 Å². The number of ether oxygens (including phenoxy) is 2. The maximum atomic E-state index is 12.4. The van der Waals surface area contributed by atoms with Gasteiger partial charge in [0.05, 0.1) is 5.56 Å². The molecule has 1 amide bonds. The van der Waals surface area contributed by atoms with Gasteiger partial charge in [0.25, 0.3) is 5.91 Å². The fourth-order valence-corrected chi connectivity index (χ4v) is 2.01. The fourth-order valence-electron chi connectivity index (χ4n) is 2.01. The number of nitrogens with zero attached hydrogens (tertiary/aromatic N) is 1. The first-order valence-electron chi connectivity index (χ1n) is 7.74. The molecule has 0 fully saturated rings. The van der Waals surface area contributed by atoms with Gasteiger partial charge in [0.2, 0.25) is 0 Å². The zero-order valence-electron chi connectivity index (χ0n) is 14.1. The van der Waals surface area contributed by atoms with Gasteiger partial charge in [-0.15, -0.1) is 0 Å². The first kappa shape index (κ1) is 21.3. The minimum Gasteiger partial charge on any atom is -0.484 e. The minimum atomic E-state index is -4.66. The second kappa shape index (κ2) is 8.81. The van der Waals surface area contributed by atoms with Gasteiger partial charge in [-0.1, -0.05) is 6.07 Å². The van der Waals surface area contributed by atoms with E-state index in [1.807, 2.05) is 0 Å². The molecular formula is C17H14F6N2O3. The van der Waals surface area contributed by atoms with Gasteiger partial charge >= 0.3 is 12.4 Å². The molecule has 1 aromatic carbocycles. The van der Waals surface area contributed by atoms with Crippen molar-refractivity contribution in [2.45, 2.75) is 18.9 Å². The standard InChI is InChI=1S/C17H14F6N2O3/c18-16(19,20)9-27-12-3-4-14(28-10-17(21,22)23)13(6-12)15(26)25-8-11-2-1-5-24-7-11/h1-7H,8-10H2,(H,25,26). The van der Waals surface area contributed by atoms with Crippen LogP contribution in [0.4, 0.5) is 26.3 Å². The maximum Gasteiger partial charge on any atom is 0.422 e. The van der Waals surface area contributed by atoms with Gasteiger partial charge in [-0.25, -0.2) is 0 Å². The van der Waals surface area contributed by atoms with E-state index >= 15 is 0 Å². The molecule has 0 aliphatic rings. The van der Waals surface area contributed by atoms with Crippen molar-refractivity contribution in [1.29, 1.82) is 0 Å².